The molecule has 88 valence electrons. The van der Waals surface area contributed by atoms with E-state index in [-0.39, 0.29) is 16.5 Å². The quantitative estimate of drug-likeness (QED) is 0.800. The second kappa shape index (κ2) is 4.38. The van der Waals surface area contributed by atoms with Crippen molar-refractivity contribution in [2.75, 3.05) is 7.11 Å². The van der Waals surface area contributed by atoms with Crippen LogP contribution in [0.5, 0.6) is 5.75 Å². The highest BCUT2D eigenvalue weighted by Gasteiger charge is 2.14. The van der Waals surface area contributed by atoms with Gasteiger partial charge in [-0.15, -0.1) is 0 Å². The molecule has 0 saturated heterocycles. The van der Waals surface area contributed by atoms with Crippen LogP contribution in [0.1, 0.15) is 10.4 Å². The Morgan fingerprint density at radius 2 is 2.29 bits per heavy atom. The summed E-state index contributed by atoms with van der Waals surface area (Å²) in [6, 6.07) is 0. The van der Waals surface area contributed by atoms with Crippen LogP contribution >= 0.6 is 11.6 Å². The first kappa shape index (κ1) is 11.3. The van der Waals surface area contributed by atoms with Gasteiger partial charge < -0.3 is 10.5 Å². The van der Waals surface area contributed by atoms with E-state index in [1.54, 1.807) is 0 Å². The van der Waals surface area contributed by atoms with Gasteiger partial charge in [0.1, 0.15) is 6.33 Å². The van der Waals surface area contributed by atoms with E-state index in [9.17, 15) is 4.79 Å². The lowest BCUT2D eigenvalue weighted by atomic mass is 10.3. The zero-order valence-electron chi connectivity index (χ0n) is 8.79. The Bertz CT molecular complexity index is 568. The highest BCUT2D eigenvalue weighted by molar-refractivity contribution is 6.31. The van der Waals surface area contributed by atoms with Crippen LogP contribution in [0.15, 0.2) is 18.7 Å². The average molecular weight is 254 g/mol. The van der Waals surface area contributed by atoms with Crippen molar-refractivity contribution in [1.29, 1.82) is 0 Å². The molecule has 1 amide bonds. The number of hydrogen-bond donors (Lipinski definition) is 1. The predicted octanol–water partition coefficient (Wildman–Crippen LogP) is 0.423. The highest BCUT2D eigenvalue weighted by atomic mass is 35.5. The van der Waals surface area contributed by atoms with Crippen LogP contribution in [-0.4, -0.2) is 32.8 Å². The smallest absolute Gasteiger partial charge is 0.251 e. The van der Waals surface area contributed by atoms with Crippen molar-refractivity contribution in [3.63, 3.8) is 0 Å². The van der Waals surface area contributed by atoms with Crippen LogP contribution in [-0.2, 0) is 0 Å². The third kappa shape index (κ3) is 2.04. The first-order valence-corrected chi connectivity index (χ1v) is 4.90. The molecular weight excluding hydrogens is 246 g/mol. The fourth-order valence-corrected chi connectivity index (χ4v) is 1.45. The standard InChI is InChI=1S/C9H8ClN5O2/c1-17-6-7(10)12-4-13-9(6)15-3-5(2-14-15)8(11)16/h2-4H,1H3,(H2,11,16). The van der Waals surface area contributed by atoms with E-state index in [4.69, 9.17) is 22.1 Å². The summed E-state index contributed by atoms with van der Waals surface area (Å²) in [4.78, 5) is 18.7. The van der Waals surface area contributed by atoms with E-state index in [1.165, 1.54) is 30.5 Å². The Labute approximate surface area is 101 Å². The largest absolute Gasteiger partial charge is 0.490 e. The van der Waals surface area contributed by atoms with Gasteiger partial charge in [0.05, 0.1) is 18.9 Å². The molecule has 7 nitrogen and oxygen atoms in total. The van der Waals surface area contributed by atoms with Crippen LogP contribution < -0.4 is 10.5 Å². The monoisotopic (exact) mass is 253 g/mol. The second-order valence-corrected chi connectivity index (χ2v) is 3.42. The maximum atomic E-state index is 10.9. The predicted molar refractivity (Wildman–Crippen MR) is 59.2 cm³/mol. The maximum Gasteiger partial charge on any atom is 0.251 e. The minimum absolute atomic E-state index is 0.161. The Morgan fingerprint density at radius 1 is 1.53 bits per heavy atom. The number of nitrogens with zero attached hydrogens (tertiary/aromatic N) is 4. The van der Waals surface area contributed by atoms with Crippen molar-refractivity contribution in [1.82, 2.24) is 19.7 Å². The zero-order valence-corrected chi connectivity index (χ0v) is 9.55. The minimum atomic E-state index is -0.574. The number of hydrogen-bond acceptors (Lipinski definition) is 5. The van der Waals surface area contributed by atoms with Gasteiger partial charge in [-0.2, -0.15) is 5.10 Å². The van der Waals surface area contributed by atoms with Crippen molar-refractivity contribution in [3.8, 4) is 11.6 Å². The number of primary amides is 1. The number of ether oxygens (including phenoxy) is 1. The Hall–Kier alpha value is -2.15. The van der Waals surface area contributed by atoms with E-state index in [0.717, 1.165) is 0 Å². The molecule has 8 heteroatoms. The van der Waals surface area contributed by atoms with Crippen molar-refractivity contribution < 1.29 is 9.53 Å². The molecule has 0 radical (unpaired) electrons. The molecule has 2 aromatic rings. The summed E-state index contributed by atoms with van der Waals surface area (Å²) in [5.41, 5.74) is 5.39. The lowest BCUT2D eigenvalue weighted by molar-refractivity contribution is 0.100. The van der Waals surface area contributed by atoms with Gasteiger partial charge in [0, 0.05) is 6.20 Å². The summed E-state index contributed by atoms with van der Waals surface area (Å²) in [6.07, 6.45) is 4.03. The molecular formula is C9H8ClN5O2. The van der Waals surface area contributed by atoms with Gasteiger partial charge in [-0.25, -0.2) is 14.6 Å². The van der Waals surface area contributed by atoms with Gasteiger partial charge in [0.15, 0.2) is 5.15 Å². The molecule has 0 atom stereocenters. The molecule has 0 aliphatic carbocycles. The molecule has 0 bridgehead atoms. The molecule has 0 aliphatic heterocycles. The van der Waals surface area contributed by atoms with Gasteiger partial charge in [-0.3, -0.25) is 4.79 Å². The maximum absolute atomic E-state index is 10.9. The van der Waals surface area contributed by atoms with Crippen LogP contribution in [0.4, 0.5) is 0 Å². The lowest BCUT2D eigenvalue weighted by Gasteiger charge is -2.07. The number of nitrogens with two attached hydrogens (primary N) is 1. The first-order chi connectivity index (χ1) is 8.13. The van der Waals surface area contributed by atoms with Crippen molar-refractivity contribution in [2.24, 2.45) is 5.73 Å². The Morgan fingerprint density at radius 3 is 2.88 bits per heavy atom. The molecule has 0 aromatic carbocycles. The number of carbonyl (C=O) groups excluding carboxylic acids is 1. The van der Waals surface area contributed by atoms with E-state index >= 15 is 0 Å². The van der Waals surface area contributed by atoms with Gasteiger partial charge in [-0.05, 0) is 0 Å². The van der Waals surface area contributed by atoms with Crippen LogP contribution in [0.25, 0.3) is 5.82 Å². The normalized spacial score (nSPS) is 10.2. The summed E-state index contributed by atoms with van der Waals surface area (Å²) < 4.78 is 6.41. The SMILES string of the molecule is COc1c(Cl)ncnc1-n1cc(C(N)=O)cn1. The molecule has 17 heavy (non-hydrogen) atoms. The van der Waals surface area contributed by atoms with Crippen LogP contribution in [0.3, 0.4) is 0 Å². The topological polar surface area (TPSA) is 95.9 Å². The van der Waals surface area contributed by atoms with E-state index in [2.05, 4.69) is 15.1 Å². The third-order valence-electron chi connectivity index (χ3n) is 2.03. The number of methoxy groups -OCH3 is 1. The molecule has 2 heterocycles. The summed E-state index contributed by atoms with van der Waals surface area (Å²) in [5, 5.41) is 4.11. The molecule has 2 aromatic heterocycles. The first-order valence-electron chi connectivity index (χ1n) is 4.53. The van der Waals surface area contributed by atoms with Crippen molar-refractivity contribution in [2.45, 2.75) is 0 Å². The van der Waals surface area contributed by atoms with E-state index in [1.807, 2.05) is 0 Å². The fourth-order valence-electron chi connectivity index (χ4n) is 1.25. The molecule has 0 unspecified atom stereocenters. The Balaban J connectivity index is 2.52. The zero-order chi connectivity index (χ0) is 12.4. The summed E-state index contributed by atoms with van der Waals surface area (Å²) in [7, 11) is 1.44. The number of amides is 1. The number of rotatable bonds is 3. The molecule has 0 spiro atoms. The lowest BCUT2D eigenvalue weighted by Crippen LogP contribution is -2.09. The summed E-state index contributed by atoms with van der Waals surface area (Å²) in [5.74, 6) is 0.0312. The van der Waals surface area contributed by atoms with Crippen LogP contribution in [0.2, 0.25) is 5.15 Å². The van der Waals surface area contributed by atoms with Crippen molar-refractivity contribution >= 4 is 17.5 Å². The number of carbonyl (C=O) groups is 1. The summed E-state index contributed by atoms with van der Waals surface area (Å²) >= 11 is 5.84. The number of aromatic nitrogens is 4. The molecule has 2 rings (SSSR count). The van der Waals surface area contributed by atoms with Gasteiger partial charge in [0.25, 0.3) is 5.91 Å². The van der Waals surface area contributed by atoms with E-state index < -0.39 is 5.91 Å². The van der Waals surface area contributed by atoms with Gasteiger partial charge >= 0.3 is 0 Å². The second-order valence-electron chi connectivity index (χ2n) is 3.06. The fraction of sp³-hybridized carbons (Fsp3) is 0.111. The molecule has 2 N–H and O–H groups in total. The van der Waals surface area contributed by atoms with Crippen LogP contribution in [0, 0.1) is 0 Å². The molecule has 0 fully saturated rings. The minimum Gasteiger partial charge on any atom is -0.490 e. The Kier molecular flexibility index (Phi) is 2.92. The van der Waals surface area contributed by atoms with E-state index in [0.29, 0.717) is 5.82 Å². The summed E-state index contributed by atoms with van der Waals surface area (Å²) in [6.45, 7) is 0. The molecule has 0 aliphatic rings. The van der Waals surface area contributed by atoms with Gasteiger partial charge in [-0.1, -0.05) is 11.6 Å². The molecule has 0 saturated carbocycles. The highest BCUT2D eigenvalue weighted by Crippen LogP contribution is 2.26. The van der Waals surface area contributed by atoms with Crippen molar-refractivity contribution in [3.05, 3.63) is 29.4 Å². The number of halogens is 1. The third-order valence-corrected chi connectivity index (χ3v) is 2.30. The average Bonchev–Trinajstić information content (AvgIpc) is 2.77. The van der Waals surface area contributed by atoms with Gasteiger partial charge in [0.2, 0.25) is 11.6 Å².